The molecule has 2 heterocycles. The third-order valence-corrected chi connectivity index (χ3v) is 7.85. The average Bonchev–Trinajstić information content (AvgIpc) is 3.17. The van der Waals surface area contributed by atoms with Crippen molar-refractivity contribution in [3.63, 3.8) is 0 Å². The van der Waals surface area contributed by atoms with E-state index in [4.69, 9.17) is 25.8 Å². The fraction of sp³-hybridized carbons (Fsp3) is 0.296. The topological polar surface area (TPSA) is 79.1 Å². The van der Waals surface area contributed by atoms with Crippen molar-refractivity contribution < 1.29 is 19.0 Å². The standard InChI is InChI=1S/C27H26ClIN2O5S/c1-5-11-36-24-19(29)12-16(13-20(24)34-4)14-21-25(32)31-23(17-9-7-8-10-18(17)28)22(26(33)35-6-2)15(3)30-27(31)37-21/h7-10,12-14,23H,5-6,11H2,1-4H3/b21-14+/t23-/m0/s1. The first-order valence-electron chi connectivity index (χ1n) is 11.7. The SMILES string of the molecule is CCCOc1c(I)cc(/C=c2/sc3n(c2=O)[C@@H](c2ccccc2Cl)C(C(=O)OCC)=C(C)N=3)cc1OC. The molecule has 1 atom stereocenters. The number of halogens is 2. The summed E-state index contributed by atoms with van der Waals surface area (Å²) in [6.07, 6.45) is 2.67. The van der Waals surface area contributed by atoms with Crippen LogP contribution in [-0.4, -0.2) is 30.9 Å². The zero-order valence-electron chi connectivity index (χ0n) is 20.8. The Kier molecular flexibility index (Phi) is 8.76. The fourth-order valence-corrected chi connectivity index (χ4v) is 6.17. The Hall–Kier alpha value is -2.63. The zero-order chi connectivity index (χ0) is 26.7. The highest BCUT2D eigenvalue weighted by atomic mass is 127. The van der Waals surface area contributed by atoms with Gasteiger partial charge in [-0.25, -0.2) is 9.79 Å². The van der Waals surface area contributed by atoms with Gasteiger partial charge in [0.2, 0.25) is 0 Å². The van der Waals surface area contributed by atoms with Gasteiger partial charge in [0.15, 0.2) is 16.3 Å². The number of carbonyl (C=O) groups excluding carboxylic acids is 1. The van der Waals surface area contributed by atoms with E-state index >= 15 is 0 Å². The lowest BCUT2D eigenvalue weighted by molar-refractivity contribution is -0.139. The van der Waals surface area contributed by atoms with E-state index < -0.39 is 12.0 Å². The van der Waals surface area contributed by atoms with Gasteiger partial charge >= 0.3 is 5.97 Å². The number of hydrogen-bond acceptors (Lipinski definition) is 7. The molecule has 194 valence electrons. The van der Waals surface area contributed by atoms with E-state index in [2.05, 4.69) is 27.6 Å². The summed E-state index contributed by atoms with van der Waals surface area (Å²) < 4.78 is 19.6. The molecule has 2 aromatic carbocycles. The minimum Gasteiger partial charge on any atom is -0.493 e. The maximum absolute atomic E-state index is 13.8. The summed E-state index contributed by atoms with van der Waals surface area (Å²) >= 11 is 10.0. The molecule has 3 aromatic rings. The Morgan fingerprint density at radius 1 is 1.27 bits per heavy atom. The van der Waals surface area contributed by atoms with Gasteiger partial charge in [0.05, 0.1) is 39.7 Å². The highest BCUT2D eigenvalue weighted by molar-refractivity contribution is 14.1. The van der Waals surface area contributed by atoms with Gasteiger partial charge in [-0.15, -0.1) is 0 Å². The van der Waals surface area contributed by atoms with Crippen LogP contribution in [0.2, 0.25) is 5.02 Å². The molecule has 0 spiro atoms. The minimum absolute atomic E-state index is 0.202. The van der Waals surface area contributed by atoms with Gasteiger partial charge in [-0.1, -0.05) is 48.1 Å². The van der Waals surface area contributed by atoms with Crippen molar-refractivity contribution in [1.82, 2.24) is 4.57 Å². The number of rotatable bonds is 8. The lowest BCUT2D eigenvalue weighted by Gasteiger charge is -2.25. The van der Waals surface area contributed by atoms with Crippen molar-refractivity contribution in [3.05, 3.63) is 87.1 Å². The van der Waals surface area contributed by atoms with Crippen LogP contribution in [0, 0.1) is 3.57 Å². The Balaban J connectivity index is 1.91. The molecule has 0 bridgehead atoms. The van der Waals surface area contributed by atoms with E-state index in [1.165, 1.54) is 15.9 Å². The molecule has 0 aliphatic carbocycles. The summed E-state index contributed by atoms with van der Waals surface area (Å²) in [4.78, 5) is 31.9. The molecule has 0 radical (unpaired) electrons. The first-order chi connectivity index (χ1) is 17.8. The lowest BCUT2D eigenvalue weighted by Crippen LogP contribution is -2.40. The molecular weight excluding hydrogens is 627 g/mol. The van der Waals surface area contributed by atoms with Crippen LogP contribution in [0.1, 0.15) is 44.4 Å². The van der Waals surface area contributed by atoms with Crippen LogP contribution in [0.3, 0.4) is 0 Å². The number of nitrogens with zero attached hydrogens (tertiary/aromatic N) is 2. The second-order valence-corrected chi connectivity index (χ2v) is 10.8. The Bertz CT molecular complexity index is 1560. The van der Waals surface area contributed by atoms with Crippen LogP contribution < -0.4 is 24.4 Å². The molecule has 1 aromatic heterocycles. The third kappa shape index (κ3) is 5.49. The molecule has 0 amide bonds. The molecule has 0 saturated carbocycles. The molecule has 1 aliphatic rings. The van der Waals surface area contributed by atoms with Crippen molar-refractivity contribution in [3.8, 4) is 11.5 Å². The van der Waals surface area contributed by atoms with Gasteiger partial charge in [-0.05, 0) is 78.3 Å². The summed E-state index contributed by atoms with van der Waals surface area (Å²) in [5.41, 5.74) is 1.92. The molecule has 10 heteroatoms. The van der Waals surface area contributed by atoms with E-state index in [1.54, 1.807) is 39.2 Å². The number of esters is 1. The number of hydrogen-bond donors (Lipinski definition) is 0. The molecular formula is C27H26ClIN2O5S. The maximum Gasteiger partial charge on any atom is 0.338 e. The molecule has 1 aliphatic heterocycles. The monoisotopic (exact) mass is 652 g/mol. The molecule has 0 fully saturated rings. The largest absolute Gasteiger partial charge is 0.493 e. The molecule has 7 nitrogen and oxygen atoms in total. The van der Waals surface area contributed by atoms with Gasteiger partial charge in [0, 0.05) is 5.02 Å². The van der Waals surface area contributed by atoms with E-state index in [1.807, 2.05) is 31.2 Å². The van der Waals surface area contributed by atoms with Gasteiger partial charge in [-0.2, -0.15) is 0 Å². The first kappa shape index (κ1) is 27.4. The van der Waals surface area contributed by atoms with E-state index in [0.717, 1.165) is 15.6 Å². The molecule has 0 saturated heterocycles. The van der Waals surface area contributed by atoms with Crippen LogP contribution >= 0.6 is 45.5 Å². The van der Waals surface area contributed by atoms with Gasteiger partial charge in [0.1, 0.15) is 6.04 Å². The molecule has 0 N–H and O–H groups in total. The number of fused-ring (bicyclic) bond motifs is 1. The zero-order valence-corrected chi connectivity index (χ0v) is 24.6. The summed E-state index contributed by atoms with van der Waals surface area (Å²) in [7, 11) is 1.59. The van der Waals surface area contributed by atoms with E-state index in [-0.39, 0.29) is 12.2 Å². The van der Waals surface area contributed by atoms with Gasteiger partial charge < -0.3 is 14.2 Å². The van der Waals surface area contributed by atoms with E-state index in [0.29, 0.717) is 49.3 Å². The molecule has 4 rings (SSSR count). The van der Waals surface area contributed by atoms with Crippen LogP contribution in [0.25, 0.3) is 6.08 Å². The molecule has 37 heavy (non-hydrogen) atoms. The smallest absolute Gasteiger partial charge is 0.338 e. The van der Waals surface area contributed by atoms with Crippen LogP contribution in [0.15, 0.2) is 57.5 Å². The number of aromatic nitrogens is 1. The van der Waals surface area contributed by atoms with Gasteiger partial charge in [-0.3, -0.25) is 9.36 Å². The second-order valence-electron chi connectivity index (χ2n) is 8.21. The van der Waals surface area contributed by atoms with Crippen molar-refractivity contribution in [2.45, 2.75) is 33.2 Å². The normalized spacial score (nSPS) is 15.3. The number of ether oxygens (including phenoxy) is 3. The second kappa shape index (κ2) is 11.8. The number of methoxy groups -OCH3 is 1. The van der Waals surface area contributed by atoms with Crippen molar-refractivity contribution in [2.24, 2.45) is 4.99 Å². The quantitative estimate of drug-likeness (QED) is 0.257. The Labute approximate surface area is 237 Å². The lowest BCUT2D eigenvalue weighted by atomic mass is 9.96. The Morgan fingerprint density at radius 3 is 2.70 bits per heavy atom. The average molecular weight is 653 g/mol. The summed E-state index contributed by atoms with van der Waals surface area (Å²) in [6, 6.07) is 10.2. The highest BCUT2D eigenvalue weighted by Crippen LogP contribution is 2.35. The van der Waals surface area contributed by atoms with Crippen LogP contribution in [-0.2, 0) is 9.53 Å². The predicted octanol–water partition coefficient (Wildman–Crippen LogP) is 4.85. The number of allylic oxidation sites excluding steroid dienone is 1. The summed E-state index contributed by atoms with van der Waals surface area (Å²) in [5, 5.41) is 0.445. The minimum atomic E-state index is -0.759. The predicted molar refractivity (Wildman–Crippen MR) is 153 cm³/mol. The van der Waals surface area contributed by atoms with Crippen LogP contribution in [0.5, 0.6) is 11.5 Å². The number of thiazole rings is 1. The maximum atomic E-state index is 13.8. The summed E-state index contributed by atoms with van der Waals surface area (Å²) in [5.74, 6) is 0.746. The van der Waals surface area contributed by atoms with E-state index in [9.17, 15) is 9.59 Å². The number of carbonyl (C=O) groups is 1. The van der Waals surface area contributed by atoms with Crippen molar-refractivity contribution >= 4 is 57.6 Å². The first-order valence-corrected chi connectivity index (χ1v) is 14.0. The number of benzene rings is 2. The summed E-state index contributed by atoms with van der Waals surface area (Å²) in [6.45, 7) is 6.30. The van der Waals surface area contributed by atoms with Crippen molar-refractivity contribution in [1.29, 1.82) is 0 Å². The fourth-order valence-electron chi connectivity index (χ4n) is 4.10. The van der Waals surface area contributed by atoms with Gasteiger partial charge in [0.25, 0.3) is 5.56 Å². The highest BCUT2D eigenvalue weighted by Gasteiger charge is 2.34. The molecule has 0 unspecified atom stereocenters. The Morgan fingerprint density at radius 2 is 2.03 bits per heavy atom. The van der Waals surface area contributed by atoms with Crippen LogP contribution in [0.4, 0.5) is 0 Å². The third-order valence-electron chi connectivity index (χ3n) is 5.72. The van der Waals surface area contributed by atoms with Crippen molar-refractivity contribution in [2.75, 3.05) is 20.3 Å².